The number of nitrogens with zero attached hydrogens (tertiary/aromatic N) is 1. The van der Waals surface area contributed by atoms with E-state index < -0.39 is 67.4 Å². The monoisotopic (exact) mass is 478 g/mol. The molecule has 0 spiro atoms. The van der Waals surface area contributed by atoms with Gasteiger partial charge in [0.25, 0.3) is 0 Å². The van der Waals surface area contributed by atoms with E-state index in [4.69, 9.17) is 19.3 Å². The Morgan fingerprint density at radius 1 is 1.24 bits per heavy atom. The highest BCUT2D eigenvalue weighted by Crippen LogP contribution is 2.32. The lowest BCUT2D eigenvalue weighted by atomic mass is 9.85. The highest BCUT2D eigenvalue weighted by Gasteiger charge is 2.43. The summed E-state index contributed by atoms with van der Waals surface area (Å²) in [6.07, 6.45) is -7.68. The van der Waals surface area contributed by atoms with E-state index in [2.05, 4.69) is 10.3 Å². The number of hydrogen-bond acceptors (Lipinski definition) is 12. The molecule has 0 unspecified atom stereocenters. The molecule has 2 rings (SSSR count). The molecule has 14 nitrogen and oxygen atoms in total. The molecule has 1 aliphatic carbocycles. The molecular formula is C19H30N2O12. The maximum absolute atomic E-state index is 11.5. The number of ether oxygens (including phenoxy) is 3. The molecule has 14 heteroatoms. The number of aliphatic carboxylic acids is 2. The molecule has 1 aliphatic heterocycles. The summed E-state index contributed by atoms with van der Waals surface area (Å²) in [5.74, 6) is -2.62. The Bertz CT molecular complexity index is 785. The van der Waals surface area contributed by atoms with Crippen LogP contribution in [0.4, 0.5) is 0 Å². The minimum absolute atomic E-state index is 0.00931. The van der Waals surface area contributed by atoms with Gasteiger partial charge in [-0.15, -0.1) is 0 Å². The second-order valence-corrected chi connectivity index (χ2v) is 8.01. The number of nitrogens with one attached hydrogen (secondary N) is 1. The molecule has 1 saturated heterocycles. The van der Waals surface area contributed by atoms with E-state index in [1.807, 2.05) is 0 Å². The van der Waals surface area contributed by atoms with Gasteiger partial charge in [0.1, 0.15) is 24.9 Å². The van der Waals surface area contributed by atoms with Gasteiger partial charge >= 0.3 is 11.9 Å². The normalized spacial score (nSPS) is 33.5. The third kappa shape index (κ3) is 6.83. The van der Waals surface area contributed by atoms with Gasteiger partial charge in [0.15, 0.2) is 18.1 Å². The van der Waals surface area contributed by atoms with Gasteiger partial charge in [-0.1, -0.05) is 0 Å². The standard InChI is InChI=1S/C19H30N2O12/c1-8(22)13(17(28)29)21-10-4-19(30,3-9(16(10)31-2)20-5-12(24)25)7-33-18-15(27)14(26)11(23)6-32-18/h8,11,13-15,18,21-23,26-27,30H,3-7H2,1-2H3,(H,24,25)(H,28,29)/t8-,11+,13+,14+,15-,18-,19+/m1/s1. The van der Waals surface area contributed by atoms with E-state index >= 15 is 0 Å². The SMILES string of the molecule is COC1=C(N[C@H](C(=O)O)[C@@H](C)O)C[C@](O)(CO[C@H]2OC[C@H](O)[C@H](O)[C@H]2O)CC1=NCC(=O)O. The molecule has 7 atom stereocenters. The molecule has 0 bridgehead atoms. The average molecular weight is 478 g/mol. The second kappa shape index (κ2) is 11.2. The van der Waals surface area contributed by atoms with Gasteiger partial charge in [-0.3, -0.25) is 9.79 Å². The third-order valence-electron chi connectivity index (χ3n) is 5.20. The van der Waals surface area contributed by atoms with Gasteiger partial charge in [0.2, 0.25) is 0 Å². The van der Waals surface area contributed by atoms with E-state index in [-0.39, 0.29) is 36.6 Å². The number of aliphatic hydroxyl groups excluding tert-OH is 4. The molecule has 0 aromatic carbocycles. The lowest BCUT2D eigenvalue weighted by molar-refractivity contribution is -0.279. The van der Waals surface area contributed by atoms with Crippen molar-refractivity contribution < 1.29 is 59.5 Å². The van der Waals surface area contributed by atoms with Crippen molar-refractivity contribution in [3.05, 3.63) is 11.5 Å². The van der Waals surface area contributed by atoms with Crippen LogP contribution in [0.3, 0.4) is 0 Å². The van der Waals surface area contributed by atoms with E-state index in [9.17, 15) is 40.2 Å². The van der Waals surface area contributed by atoms with E-state index in [1.54, 1.807) is 0 Å². The molecule has 33 heavy (non-hydrogen) atoms. The van der Waals surface area contributed by atoms with Crippen LogP contribution < -0.4 is 5.32 Å². The Morgan fingerprint density at radius 3 is 2.45 bits per heavy atom. The molecule has 0 aromatic rings. The lowest BCUT2D eigenvalue weighted by Gasteiger charge is -2.39. The summed E-state index contributed by atoms with van der Waals surface area (Å²) in [5.41, 5.74) is -1.74. The number of carbonyl (C=O) groups is 2. The van der Waals surface area contributed by atoms with Crippen molar-refractivity contribution in [3.63, 3.8) is 0 Å². The molecule has 1 fully saturated rings. The molecular weight excluding hydrogens is 448 g/mol. The molecule has 2 aliphatic rings. The number of rotatable bonds is 10. The number of aliphatic hydroxyl groups is 5. The fourth-order valence-electron chi connectivity index (χ4n) is 3.53. The number of carboxylic acid groups (broad SMARTS) is 2. The summed E-state index contributed by atoms with van der Waals surface area (Å²) in [5, 5.41) is 71.3. The van der Waals surface area contributed by atoms with Crippen molar-refractivity contribution in [1.82, 2.24) is 5.32 Å². The largest absolute Gasteiger partial charge is 0.493 e. The Labute approximate surface area is 188 Å². The number of aliphatic imine (C=N–C) groups is 1. The summed E-state index contributed by atoms with van der Waals surface area (Å²) < 4.78 is 15.9. The molecule has 0 amide bonds. The van der Waals surface area contributed by atoms with Crippen molar-refractivity contribution in [1.29, 1.82) is 0 Å². The van der Waals surface area contributed by atoms with Crippen LogP contribution in [0.2, 0.25) is 0 Å². The zero-order chi connectivity index (χ0) is 24.9. The summed E-state index contributed by atoms with van der Waals surface area (Å²) in [6, 6.07) is -1.48. The Balaban J connectivity index is 2.30. The van der Waals surface area contributed by atoms with Gasteiger partial charge in [-0.2, -0.15) is 0 Å². The van der Waals surface area contributed by atoms with E-state index in [0.29, 0.717) is 0 Å². The Hall–Kier alpha value is -2.33. The van der Waals surface area contributed by atoms with Gasteiger partial charge in [0.05, 0.1) is 43.4 Å². The first-order chi connectivity index (χ1) is 15.4. The number of allylic oxidation sites excluding steroid dienone is 1. The molecule has 1 heterocycles. The quantitative estimate of drug-likeness (QED) is 0.155. The maximum atomic E-state index is 11.5. The minimum Gasteiger partial charge on any atom is -0.493 e. The summed E-state index contributed by atoms with van der Waals surface area (Å²) in [6.45, 7) is -0.225. The van der Waals surface area contributed by atoms with Crippen molar-refractivity contribution in [2.24, 2.45) is 4.99 Å². The van der Waals surface area contributed by atoms with Crippen LogP contribution in [0, 0.1) is 0 Å². The molecule has 8 N–H and O–H groups in total. The van der Waals surface area contributed by atoms with Gasteiger partial charge in [0, 0.05) is 12.8 Å². The topological polar surface area (TPSA) is 228 Å². The average Bonchev–Trinajstić information content (AvgIpc) is 2.73. The van der Waals surface area contributed by atoms with Crippen LogP contribution in [0.25, 0.3) is 0 Å². The number of hydrogen-bond donors (Lipinski definition) is 8. The first-order valence-electron chi connectivity index (χ1n) is 10.1. The Kier molecular flexibility index (Phi) is 9.13. The highest BCUT2D eigenvalue weighted by molar-refractivity contribution is 6.01. The molecule has 0 aromatic heterocycles. The fraction of sp³-hybridized carbons (Fsp3) is 0.737. The zero-order valence-corrected chi connectivity index (χ0v) is 18.1. The van der Waals surface area contributed by atoms with Crippen molar-refractivity contribution in [2.75, 3.05) is 26.9 Å². The first-order valence-corrected chi connectivity index (χ1v) is 10.1. The summed E-state index contributed by atoms with van der Waals surface area (Å²) in [7, 11) is 1.26. The highest BCUT2D eigenvalue weighted by atomic mass is 16.7. The van der Waals surface area contributed by atoms with Gasteiger partial charge in [-0.25, -0.2) is 4.79 Å². The van der Waals surface area contributed by atoms with Crippen LogP contribution in [0.1, 0.15) is 19.8 Å². The van der Waals surface area contributed by atoms with Crippen molar-refractivity contribution in [2.45, 2.75) is 62.1 Å². The van der Waals surface area contributed by atoms with E-state index in [1.165, 1.54) is 14.0 Å². The van der Waals surface area contributed by atoms with Crippen LogP contribution >= 0.6 is 0 Å². The first kappa shape index (κ1) is 26.9. The zero-order valence-electron chi connectivity index (χ0n) is 18.1. The van der Waals surface area contributed by atoms with E-state index in [0.717, 1.165) is 0 Å². The predicted molar refractivity (Wildman–Crippen MR) is 108 cm³/mol. The second-order valence-electron chi connectivity index (χ2n) is 8.01. The molecule has 0 radical (unpaired) electrons. The predicted octanol–water partition coefficient (Wildman–Crippen LogP) is -3.23. The summed E-state index contributed by atoms with van der Waals surface area (Å²) >= 11 is 0. The fourth-order valence-corrected chi connectivity index (χ4v) is 3.53. The van der Waals surface area contributed by atoms with Crippen LogP contribution in [0.5, 0.6) is 0 Å². The van der Waals surface area contributed by atoms with Crippen molar-refractivity contribution in [3.8, 4) is 0 Å². The number of carboxylic acids is 2. The third-order valence-corrected chi connectivity index (χ3v) is 5.20. The summed E-state index contributed by atoms with van der Waals surface area (Å²) in [4.78, 5) is 26.4. The van der Waals surface area contributed by atoms with Crippen molar-refractivity contribution >= 4 is 17.7 Å². The smallest absolute Gasteiger partial charge is 0.328 e. The van der Waals surface area contributed by atoms with Crippen LogP contribution in [-0.4, -0.2) is 123 Å². The molecule has 188 valence electrons. The van der Waals surface area contributed by atoms with Crippen LogP contribution in [0.15, 0.2) is 16.4 Å². The molecule has 0 saturated carbocycles. The maximum Gasteiger partial charge on any atom is 0.328 e. The number of methoxy groups -OCH3 is 1. The minimum atomic E-state index is -1.78. The Morgan fingerprint density at radius 2 is 1.91 bits per heavy atom. The van der Waals surface area contributed by atoms with Gasteiger partial charge < -0.3 is 55.3 Å². The lowest BCUT2D eigenvalue weighted by Crippen LogP contribution is -2.55. The van der Waals surface area contributed by atoms with Gasteiger partial charge in [-0.05, 0) is 6.92 Å². The van der Waals surface area contributed by atoms with Crippen LogP contribution in [-0.2, 0) is 23.8 Å².